The van der Waals surface area contributed by atoms with Gasteiger partial charge in [0.2, 0.25) is 0 Å². The molecule has 1 aliphatic rings. The first-order valence-corrected chi connectivity index (χ1v) is 7.64. The summed E-state index contributed by atoms with van der Waals surface area (Å²) in [4.78, 5) is 0. The van der Waals surface area contributed by atoms with Crippen LogP contribution in [-0.4, -0.2) is 13.2 Å². The zero-order chi connectivity index (χ0) is 13.8. The second-order valence-electron chi connectivity index (χ2n) is 5.51. The third kappa shape index (κ3) is 3.36. The number of hydrogen-bond donors (Lipinski definition) is 1. The van der Waals surface area contributed by atoms with E-state index in [0.29, 0.717) is 6.04 Å². The van der Waals surface area contributed by atoms with E-state index in [-0.39, 0.29) is 0 Å². The maximum absolute atomic E-state index is 6.16. The van der Waals surface area contributed by atoms with Crippen molar-refractivity contribution >= 4 is 17.3 Å². The molecule has 0 spiro atoms. The minimum absolute atomic E-state index is 0.563. The van der Waals surface area contributed by atoms with Crippen molar-refractivity contribution < 1.29 is 4.74 Å². The van der Waals surface area contributed by atoms with Gasteiger partial charge in [-0.3, -0.25) is 0 Å². The monoisotopic (exact) mass is 281 g/mol. The molecule has 1 fully saturated rings. The SMILES string of the molecule is CCC1CCCCC1Nc1cc(C)c(Cl)cc1OC. The first-order chi connectivity index (χ1) is 9.15. The Morgan fingerprint density at radius 3 is 2.74 bits per heavy atom. The highest BCUT2D eigenvalue weighted by Crippen LogP contribution is 2.35. The zero-order valence-corrected chi connectivity index (χ0v) is 12.9. The van der Waals surface area contributed by atoms with E-state index in [1.807, 2.05) is 13.0 Å². The molecule has 0 amide bonds. The van der Waals surface area contributed by atoms with E-state index in [4.69, 9.17) is 16.3 Å². The molecular weight excluding hydrogens is 258 g/mol. The highest BCUT2D eigenvalue weighted by molar-refractivity contribution is 6.31. The van der Waals surface area contributed by atoms with Crippen LogP contribution >= 0.6 is 11.6 Å². The van der Waals surface area contributed by atoms with Gasteiger partial charge >= 0.3 is 0 Å². The molecule has 1 saturated carbocycles. The predicted octanol–water partition coefficient (Wildman–Crippen LogP) is 5.04. The van der Waals surface area contributed by atoms with Gasteiger partial charge in [0, 0.05) is 17.1 Å². The van der Waals surface area contributed by atoms with Crippen LogP contribution in [0.1, 0.15) is 44.6 Å². The topological polar surface area (TPSA) is 21.3 Å². The second-order valence-corrected chi connectivity index (χ2v) is 5.91. The molecule has 0 bridgehead atoms. The Labute approximate surface area is 121 Å². The molecule has 1 aromatic rings. The van der Waals surface area contributed by atoms with Gasteiger partial charge < -0.3 is 10.1 Å². The molecule has 2 rings (SSSR count). The summed E-state index contributed by atoms with van der Waals surface area (Å²) in [7, 11) is 1.70. The van der Waals surface area contributed by atoms with E-state index in [1.54, 1.807) is 7.11 Å². The summed E-state index contributed by atoms with van der Waals surface area (Å²) in [5, 5.41) is 4.45. The Balaban J connectivity index is 2.19. The number of anilines is 1. The molecule has 106 valence electrons. The number of rotatable bonds is 4. The lowest BCUT2D eigenvalue weighted by atomic mass is 9.83. The van der Waals surface area contributed by atoms with Crippen LogP contribution in [0.5, 0.6) is 5.75 Å². The molecular formula is C16H24ClNO. The van der Waals surface area contributed by atoms with Crippen molar-refractivity contribution in [3.05, 3.63) is 22.7 Å². The minimum atomic E-state index is 0.563. The highest BCUT2D eigenvalue weighted by atomic mass is 35.5. The van der Waals surface area contributed by atoms with Crippen molar-refractivity contribution in [1.82, 2.24) is 0 Å². The molecule has 1 N–H and O–H groups in total. The van der Waals surface area contributed by atoms with Crippen molar-refractivity contribution in [2.45, 2.75) is 52.0 Å². The summed E-state index contributed by atoms with van der Waals surface area (Å²) in [6.07, 6.45) is 6.52. The number of nitrogens with one attached hydrogen (secondary N) is 1. The fourth-order valence-electron chi connectivity index (χ4n) is 3.03. The van der Waals surface area contributed by atoms with Gasteiger partial charge in [-0.2, -0.15) is 0 Å². The lowest BCUT2D eigenvalue weighted by Crippen LogP contribution is -2.31. The van der Waals surface area contributed by atoms with Gasteiger partial charge in [0.1, 0.15) is 5.75 Å². The van der Waals surface area contributed by atoms with Gasteiger partial charge in [-0.05, 0) is 37.3 Å². The van der Waals surface area contributed by atoms with Crippen LogP contribution in [0.4, 0.5) is 5.69 Å². The number of halogens is 1. The van der Waals surface area contributed by atoms with E-state index in [2.05, 4.69) is 18.3 Å². The average molecular weight is 282 g/mol. The van der Waals surface area contributed by atoms with Gasteiger partial charge in [0.05, 0.1) is 12.8 Å². The fourth-order valence-corrected chi connectivity index (χ4v) is 3.18. The largest absolute Gasteiger partial charge is 0.495 e. The molecule has 2 nitrogen and oxygen atoms in total. The van der Waals surface area contributed by atoms with Gasteiger partial charge in [-0.25, -0.2) is 0 Å². The Morgan fingerprint density at radius 2 is 2.05 bits per heavy atom. The number of ether oxygens (including phenoxy) is 1. The third-order valence-corrected chi connectivity index (χ3v) is 4.66. The van der Waals surface area contributed by atoms with E-state index in [0.717, 1.165) is 27.9 Å². The standard InChI is InChI=1S/C16H24ClNO/c1-4-12-7-5-6-8-14(12)18-15-9-11(2)13(17)10-16(15)19-3/h9-10,12,14,18H,4-8H2,1-3H3. The van der Waals surface area contributed by atoms with Crippen LogP contribution in [0.15, 0.2) is 12.1 Å². The van der Waals surface area contributed by atoms with Crippen molar-refractivity contribution in [2.24, 2.45) is 5.92 Å². The van der Waals surface area contributed by atoms with Gasteiger partial charge in [0.25, 0.3) is 0 Å². The van der Waals surface area contributed by atoms with E-state index < -0.39 is 0 Å². The van der Waals surface area contributed by atoms with Crippen LogP contribution in [0.25, 0.3) is 0 Å². The van der Waals surface area contributed by atoms with Crippen LogP contribution in [0, 0.1) is 12.8 Å². The first kappa shape index (κ1) is 14.5. The summed E-state index contributed by atoms with van der Waals surface area (Å²) in [5.74, 6) is 1.62. The Bertz CT molecular complexity index is 433. The zero-order valence-electron chi connectivity index (χ0n) is 12.1. The third-order valence-electron chi connectivity index (χ3n) is 4.26. The number of methoxy groups -OCH3 is 1. The van der Waals surface area contributed by atoms with Crippen molar-refractivity contribution in [3.8, 4) is 5.75 Å². The Hall–Kier alpha value is -0.890. The molecule has 0 aromatic heterocycles. The molecule has 0 aliphatic heterocycles. The van der Waals surface area contributed by atoms with Gasteiger partial charge in [0.15, 0.2) is 0 Å². The second kappa shape index (κ2) is 6.51. The lowest BCUT2D eigenvalue weighted by Gasteiger charge is -2.32. The van der Waals surface area contributed by atoms with Gasteiger partial charge in [-0.1, -0.05) is 37.8 Å². The van der Waals surface area contributed by atoms with E-state index >= 15 is 0 Å². The summed E-state index contributed by atoms with van der Waals surface area (Å²) < 4.78 is 5.44. The highest BCUT2D eigenvalue weighted by Gasteiger charge is 2.24. The lowest BCUT2D eigenvalue weighted by molar-refractivity contribution is 0.316. The maximum Gasteiger partial charge on any atom is 0.143 e. The molecule has 2 unspecified atom stereocenters. The summed E-state index contributed by atoms with van der Waals surface area (Å²) in [6.45, 7) is 4.32. The van der Waals surface area contributed by atoms with E-state index in [1.165, 1.54) is 32.1 Å². The van der Waals surface area contributed by atoms with Crippen molar-refractivity contribution in [1.29, 1.82) is 0 Å². The number of aryl methyl sites for hydroxylation is 1. The van der Waals surface area contributed by atoms with Crippen LogP contribution in [0.3, 0.4) is 0 Å². The molecule has 2 atom stereocenters. The molecule has 19 heavy (non-hydrogen) atoms. The van der Waals surface area contributed by atoms with Crippen LogP contribution in [0.2, 0.25) is 5.02 Å². The quantitative estimate of drug-likeness (QED) is 0.835. The van der Waals surface area contributed by atoms with E-state index in [9.17, 15) is 0 Å². The summed E-state index contributed by atoms with van der Waals surface area (Å²) in [5.41, 5.74) is 2.17. The number of benzene rings is 1. The van der Waals surface area contributed by atoms with Gasteiger partial charge in [-0.15, -0.1) is 0 Å². The Morgan fingerprint density at radius 1 is 1.32 bits per heavy atom. The molecule has 0 heterocycles. The van der Waals surface area contributed by atoms with Crippen molar-refractivity contribution in [3.63, 3.8) is 0 Å². The minimum Gasteiger partial charge on any atom is -0.495 e. The molecule has 0 saturated heterocycles. The van der Waals surface area contributed by atoms with Crippen LogP contribution in [-0.2, 0) is 0 Å². The fraction of sp³-hybridized carbons (Fsp3) is 0.625. The summed E-state index contributed by atoms with van der Waals surface area (Å²) in [6, 6.07) is 4.57. The molecule has 1 aromatic carbocycles. The normalized spacial score (nSPS) is 23.2. The first-order valence-electron chi connectivity index (χ1n) is 7.26. The Kier molecular flexibility index (Phi) is 4.98. The number of hydrogen-bond acceptors (Lipinski definition) is 2. The average Bonchev–Trinajstić information content (AvgIpc) is 2.43. The predicted molar refractivity (Wildman–Crippen MR) is 82.4 cm³/mol. The van der Waals surface area contributed by atoms with Crippen molar-refractivity contribution in [2.75, 3.05) is 12.4 Å². The smallest absolute Gasteiger partial charge is 0.143 e. The molecule has 1 aliphatic carbocycles. The van der Waals surface area contributed by atoms with Crippen LogP contribution < -0.4 is 10.1 Å². The maximum atomic E-state index is 6.16. The summed E-state index contributed by atoms with van der Waals surface area (Å²) >= 11 is 6.16. The molecule has 3 heteroatoms. The molecule has 0 radical (unpaired) electrons.